The molecule has 4 aromatic rings. The van der Waals surface area contributed by atoms with Crippen molar-refractivity contribution in [3.05, 3.63) is 24.5 Å². The molecule has 8 nitrogen and oxygen atoms in total. The highest BCUT2D eigenvalue weighted by Crippen LogP contribution is 2.30. The predicted molar refractivity (Wildman–Crippen MR) is 78.7 cm³/mol. The van der Waals surface area contributed by atoms with Crippen LogP contribution in [0.15, 0.2) is 24.5 Å². The fourth-order valence-electron chi connectivity index (χ4n) is 2.46. The summed E-state index contributed by atoms with van der Waals surface area (Å²) < 4.78 is 0. The Bertz CT molecular complexity index is 951. The number of hydrogen-bond acceptors (Lipinski definition) is 6. The lowest BCUT2D eigenvalue weighted by Gasteiger charge is -2.00. The molecule has 0 bridgehead atoms. The van der Waals surface area contributed by atoms with E-state index in [-0.39, 0.29) is 0 Å². The summed E-state index contributed by atoms with van der Waals surface area (Å²) in [6.45, 7) is 0. The quantitative estimate of drug-likeness (QED) is 0.575. The van der Waals surface area contributed by atoms with E-state index in [1.807, 2.05) is 25.2 Å². The maximum atomic E-state index is 4.28. The standard InChI is InChI=1S/C13H12N8/c1-14-12-10-8-4-3-7(11-18-20-21(2)19-11)5-9(8)17-13(10)16-6-15-12/h3-6H,1-2H3,(H2,14,15,16,17). The fraction of sp³-hybridized carbons (Fsp3) is 0.154. The molecule has 0 saturated heterocycles. The van der Waals surface area contributed by atoms with Crippen LogP contribution >= 0.6 is 0 Å². The van der Waals surface area contributed by atoms with Gasteiger partial charge in [-0.3, -0.25) is 0 Å². The Kier molecular flexibility index (Phi) is 2.37. The van der Waals surface area contributed by atoms with E-state index in [1.54, 1.807) is 7.05 Å². The Morgan fingerprint density at radius 3 is 2.90 bits per heavy atom. The van der Waals surface area contributed by atoms with Crippen molar-refractivity contribution < 1.29 is 0 Å². The van der Waals surface area contributed by atoms with Gasteiger partial charge in [0.15, 0.2) is 0 Å². The summed E-state index contributed by atoms with van der Waals surface area (Å²) in [6, 6.07) is 5.98. The Morgan fingerprint density at radius 1 is 1.24 bits per heavy atom. The minimum absolute atomic E-state index is 0.595. The SMILES string of the molecule is CNc1ncnc2[nH]c3cc(-c4nnn(C)n4)ccc3c12. The molecule has 21 heavy (non-hydrogen) atoms. The number of tetrazole rings is 1. The molecule has 3 aromatic heterocycles. The number of nitrogens with one attached hydrogen (secondary N) is 2. The Morgan fingerprint density at radius 2 is 2.14 bits per heavy atom. The second-order valence-corrected chi connectivity index (χ2v) is 4.68. The van der Waals surface area contributed by atoms with E-state index >= 15 is 0 Å². The van der Waals surface area contributed by atoms with Gasteiger partial charge in [0.05, 0.1) is 12.4 Å². The number of nitrogens with zero attached hydrogens (tertiary/aromatic N) is 6. The molecule has 0 aliphatic heterocycles. The highest BCUT2D eigenvalue weighted by Gasteiger charge is 2.12. The molecule has 3 heterocycles. The van der Waals surface area contributed by atoms with Crippen LogP contribution in [-0.4, -0.2) is 42.2 Å². The Labute approximate surface area is 119 Å². The van der Waals surface area contributed by atoms with Gasteiger partial charge in [-0.25, -0.2) is 9.97 Å². The molecule has 4 rings (SSSR count). The molecule has 0 aliphatic carbocycles. The van der Waals surface area contributed by atoms with Gasteiger partial charge in [0, 0.05) is 23.5 Å². The van der Waals surface area contributed by atoms with Crippen LogP contribution in [0.3, 0.4) is 0 Å². The third-order valence-electron chi connectivity index (χ3n) is 3.39. The molecule has 1 aromatic carbocycles. The number of benzene rings is 1. The minimum Gasteiger partial charge on any atom is -0.372 e. The van der Waals surface area contributed by atoms with Gasteiger partial charge in [-0.1, -0.05) is 12.1 Å². The van der Waals surface area contributed by atoms with Crippen LogP contribution in [0.2, 0.25) is 0 Å². The Hall–Kier alpha value is -3.03. The van der Waals surface area contributed by atoms with Crippen molar-refractivity contribution in [3.63, 3.8) is 0 Å². The second-order valence-electron chi connectivity index (χ2n) is 4.68. The highest BCUT2D eigenvalue weighted by atomic mass is 15.6. The van der Waals surface area contributed by atoms with Gasteiger partial charge in [0.1, 0.15) is 17.8 Å². The minimum atomic E-state index is 0.595. The van der Waals surface area contributed by atoms with E-state index in [0.717, 1.165) is 33.3 Å². The van der Waals surface area contributed by atoms with E-state index in [0.29, 0.717) is 5.82 Å². The van der Waals surface area contributed by atoms with Gasteiger partial charge >= 0.3 is 0 Å². The first-order chi connectivity index (χ1) is 10.3. The number of hydrogen-bond donors (Lipinski definition) is 2. The number of aromatic nitrogens is 7. The van der Waals surface area contributed by atoms with E-state index in [2.05, 4.69) is 35.7 Å². The number of aromatic amines is 1. The lowest BCUT2D eigenvalue weighted by atomic mass is 10.1. The van der Waals surface area contributed by atoms with Crippen LogP contribution in [0.1, 0.15) is 0 Å². The van der Waals surface area contributed by atoms with E-state index in [4.69, 9.17) is 0 Å². The number of fused-ring (bicyclic) bond motifs is 3. The van der Waals surface area contributed by atoms with Gasteiger partial charge in [-0.05, 0) is 11.3 Å². The third kappa shape index (κ3) is 1.72. The third-order valence-corrected chi connectivity index (χ3v) is 3.39. The molecule has 8 heteroatoms. The number of anilines is 1. The molecule has 104 valence electrons. The van der Waals surface area contributed by atoms with Crippen LogP contribution < -0.4 is 5.32 Å². The normalized spacial score (nSPS) is 11.3. The first-order valence-electron chi connectivity index (χ1n) is 6.45. The summed E-state index contributed by atoms with van der Waals surface area (Å²) in [5, 5.41) is 17.2. The van der Waals surface area contributed by atoms with Crippen LogP contribution in [0.5, 0.6) is 0 Å². The van der Waals surface area contributed by atoms with Crippen molar-refractivity contribution in [1.29, 1.82) is 0 Å². The Balaban J connectivity index is 1.99. The van der Waals surface area contributed by atoms with Crippen molar-refractivity contribution >= 4 is 27.8 Å². The van der Waals surface area contributed by atoms with E-state index < -0.39 is 0 Å². The summed E-state index contributed by atoms with van der Waals surface area (Å²) in [5.74, 6) is 1.40. The summed E-state index contributed by atoms with van der Waals surface area (Å²) >= 11 is 0. The van der Waals surface area contributed by atoms with Crippen molar-refractivity contribution in [1.82, 2.24) is 35.2 Å². The summed E-state index contributed by atoms with van der Waals surface area (Å²) in [4.78, 5) is 13.3. The molecule has 0 fully saturated rings. The predicted octanol–water partition coefficient (Wildman–Crippen LogP) is 1.34. The first-order valence-corrected chi connectivity index (χ1v) is 6.45. The lowest BCUT2D eigenvalue weighted by molar-refractivity contribution is 0.630. The van der Waals surface area contributed by atoms with Gasteiger partial charge in [-0.2, -0.15) is 4.80 Å². The molecule has 0 radical (unpaired) electrons. The lowest BCUT2D eigenvalue weighted by Crippen LogP contribution is -1.93. The summed E-state index contributed by atoms with van der Waals surface area (Å²) in [6.07, 6.45) is 1.54. The molecule has 0 saturated carbocycles. The first kappa shape index (κ1) is 11.8. The van der Waals surface area contributed by atoms with Gasteiger partial charge in [-0.15, -0.1) is 10.2 Å². The zero-order valence-corrected chi connectivity index (χ0v) is 11.5. The number of aryl methyl sites for hydroxylation is 1. The highest BCUT2D eigenvalue weighted by molar-refractivity contribution is 6.11. The van der Waals surface area contributed by atoms with Crippen LogP contribution in [-0.2, 0) is 7.05 Å². The van der Waals surface area contributed by atoms with Gasteiger partial charge in [0.25, 0.3) is 0 Å². The zero-order chi connectivity index (χ0) is 14.4. The summed E-state index contributed by atoms with van der Waals surface area (Å²) in [5.41, 5.74) is 2.67. The van der Waals surface area contributed by atoms with Crippen LogP contribution in [0.25, 0.3) is 33.3 Å². The molecule has 0 amide bonds. The molecule has 0 atom stereocenters. The monoisotopic (exact) mass is 280 g/mol. The van der Waals surface area contributed by atoms with E-state index in [1.165, 1.54) is 11.1 Å². The summed E-state index contributed by atoms with van der Waals surface area (Å²) in [7, 11) is 3.59. The smallest absolute Gasteiger partial charge is 0.204 e. The second kappa shape index (κ2) is 4.23. The molecule has 0 spiro atoms. The van der Waals surface area contributed by atoms with Crippen molar-refractivity contribution in [3.8, 4) is 11.4 Å². The average molecular weight is 280 g/mol. The molecule has 0 unspecified atom stereocenters. The number of rotatable bonds is 2. The fourth-order valence-corrected chi connectivity index (χ4v) is 2.46. The number of H-pyrrole nitrogens is 1. The van der Waals surface area contributed by atoms with Gasteiger partial charge in [0.2, 0.25) is 5.82 Å². The largest absolute Gasteiger partial charge is 0.372 e. The van der Waals surface area contributed by atoms with Crippen LogP contribution in [0, 0.1) is 0 Å². The molecular weight excluding hydrogens is 268 g/mol. The molecule has 2 N–H and O–H groups in total. The van der Waals surface area contributed by atoms with E-state index in [9.17, 15) is 0 Å². The van der Waals surface area contributed by atoms with Crippen LogP contribution in [0.4, 0.5) is 5.82 Å². The van der Waals surface area contributed by atoms with Crippen molar-refractivity contribution in [2.75, 3.05) is 12.4 Å². The average Bonchev–Trinajstić information content (AvgIpc) is 3.09. The topological polar surface area (TPSA) is 97.2 Å². The molecule has 0 aliphatic rings. The van der Waals surface area contributed by atoms with Crippen molar-refractivity contribution in [2.45, 2.75) is 0 Å². The maximum Gasteiger partial charge on any atom is 0.204 e. The molecular formula is C13H12N8. The van der Waals surface area contributed by atoms with Gasteiger partial charge < -0.3 is 10.3 Å². The zero-order valence-electron chi connectivity index (χ0n) is 11.5. The maximum absolute atomic E-state index is 4.28. The van der Waals surface area contributed by atoms with Crippen molar-refractivity contribution in [2.24, 2.45) is 7.05 Å².